The third-order valence-electron chi connectivity index (χ3n) is 3.82. The summed E-state index contributed by atoms with van der Waals surface area (Å²) in [4.78, 5) is 11.5. The van der Waals surface area contributed by atoms with Gasteiger partial charge in [-0.2, -0.15) is 0 Å². The van der Waals surface area contributed by atoms with Gasteiger partial charge in [0.2, 0.25) is 5.91 Å². The van der Waals surface area contributed by atoms with E-state index in [9.17, 15) is 9.00 Å². The maximum absolute atomic E-state index is 12.4. The van der Waals surface area contributed by atoms with Crippen molar-refractivity contribution < 1.29 is 9.00 Å². The van der Waals surface area contributed by atoms with Crippen LogP contribution in [0.15, 0.2) is 24.3 Å². The molecule has 1 saturated carbocycles. The van der Waals surface area contributed by atoms with E-state index in [1.807, 2.05) is 24.3 Å². The van der Waals surface area contributed by atoms with Crippen LogP contribution in [0.1, 0.15) is 44.1 Å². The molecule has 4 nitrogen and oxygen atoms in total. The minimum Gasteiger partial charge on any atom is -0.330 e. The molecule has 0 aliphatic heterocycles. The number of nitrogens with one attached hydrogen (secondary N) is 1. The number of carbonyl (C=O) groups excluding carboxylic acids is 1. The number of anilines is 1. The van der Waals surface area contributed by atoms with Gasteiger partial charge >= 0.3 is 0 Å². The lowest BCUT2D eigenvalue weighted by atomic mass is 10.0. The van der Waals surface area contributed by atoms with Crippen LogP contribution < -0.4 is 11.1 Å². The maximum atomic E-state index is 12.4. The van der Waals surface area contributed by atoms with E-state index >= 15 is 0 Å². The molecule has 1 amide bonds. The lowest BCUT2D eigenvalue weighted by Crippen LogP contribution is -2.20. The highest BCUT2D eigenvalue weighted by Gasteiger charge is 2.19. The quantitative estimate of drug-likeness (QED) is 0.833. The molecule has 1 aromatic carbocycles. The molecule has 0 radical (unpaired) electrons. The summed E-state index contributed by atoms with van der Waals surface area (Å²) in [5.74, 6) is 0.494. The first-order chi connectivity index (χ1) is 10.2. The van der Waals surface area contributed by atoms with Gasteiger partial charge in [0.05, 0.1) is 0 Å². The van der Waals surface area contributed by atoms with Gasteiger partial charge in [0.25, 0.3) is 0 Å². The van der Waals surface area contributed by atoms with Crippen molar-refractivity contribution in [2.75, 3.05) is 11.9 Å². The Morgan fingerprint density at radius 1 is 1.27 bits per heavy atom. The van der Waals surface area contributed by atoms with Crippen molar-refractivity contribution in [3.8, 4) is 0 Å². The topological polar surface area (TPSA) is 72.2 Å². The van der Waals surface area contributed by atoms with Crippen molar-refractivity contribution in [3.63, 3.8) is 0 Å². The second-order valence-corrected chi connectivity index (χ2v) is 7.29. The Morgan fingerprint density at radius 3 is 2.68 bits per heavy atom. The zero-order chi connectivity index (χ0) is 15.1. The molecule has 0 spiro atoms. The SMILES string of the molecule is Cl.NCCC(=O)Nc1cccc(CS(=O)C2CCCCC2)c1. The van der Waals surface area contributed by atoms with Crippen LogP contribution in [-0.2, 0) is 21.3 Å². The van der Waals surface area contributed by atoms with Crippen LogP contribution >= 0.6 is 12.4 Å². The number of halogens is 1. The molecule has 6 heteroatoms. The predicted molar refractivity (Wildman–Crippen MR) is 94.7 cm³/mol. The predicted octanol–water partition coefficient (Wildman–Crippen LogP) is 2.98. The molecule has 1 aliphatic carbocycles. The molecule has 1 aromatic rings. The van der Waals surface area contributed by atoms with E-state index in [2.05, 4.69) is 5.32 Å². The minimum atomic E-state index is -0.814. The molecule has 1 fully saturated rings. The Balaban J connectivity index is 0.00000242. The maximum Gasteiger partial charge on any atom is 0.225 e. The Morgan fingerprint density at radius 2 is 2.00 bits per heavy atom. The number of nitrogens with two attached hydrogens (primary N) is 1. The van der Waals surface area contributed by atoms with Gasteiger partial charge in [-0.05, 0) is 30.5 Å². The average Bonchev–Trinajstić information content (AvgIpc) is 2.48. The Labute approximate surface area is 141 Å². The summed E-state index contributed by atoms with van der Waals surface area (Å²) < 4.78 is 12.4. The summed E-state index contributed by atoms with van der Waals surface area (Å²) in [5, 5.41) is 3.16. The van der Waals surface area contributed by atoms with E-state index < -0.39 is 10.8 Å². The average molecular weight is 345 g/mol. The Bertz CT molecular complexity index is 505. The normalized spacial score (nSPS) is 16.6. The number of carbonyl (C=O) groups is 1. The number of rotatable bonds is 6. The molecule has 22 heavy (non-hydrogen) atoms. The van der Waals surface area contributed by atoms with Crippen molar-refractivity contribution in [3.05, 3.63) is 29.8 Å². The molecule has 1 aliphatic rings. The van der Waals surface area contributed by atoms with E-state index in [1.54, 1.807) is 0 Å². The van der Waals surface area contributed by atoms with Crippen LogP contribution in [-0.4, -0.2) is 21.9 Å². The molecule has 0 bridgehead atoms. The molecule has 0 saturated heterocycles. The van der Waals surface area contributed by atoms with Crippen molar-refractivity contribution in [1.29, 1.82) is 0 Å². The molecule has 0 heterocycles. The largest absolute Gasteiger partial charge is 0.330 e. The molecule has 1 atom stereocenters. The van der Waals surface area contributed by atoms with E-state index in [0.717, 1.165) is 24.1 Å². The summed E-state index contributed by atoms with van der Waals surface area (Å²) in [6.07, 6.45) is 6.16. The smallest absolute Gasteiger partial charge is 0.225 e. The second kappa shape index (κ2) is 9.98. The fourth-order valence-electron chi connectivity index (χ4n) is 2.70. The second-order valence-electron chi connectivity index (χ2n) is 5.57. The Hall–Kier alpha value is -0.910. The highest BCUT2D eigenvalue weighted by molar-refractivity contribution is 7.84. The third kappa shape index (κ3) is 6.07. The van der Waals surface area contributed by atoms with Gasteiger partial charge in [-0.1, -0.05) is 31.4 Å². The number of hydrogen-bond acceptors (Lipinski definition) is 3. The standard InChI is InChI=1S/C16H24N2O2S.ClH/c17-10-9-16(19)18-14-6-4-5-13(11-14)12-21(20)15-7-2-1-3-8-15;/h4-6,11,15H,1-3,7-10,12,17H2,(H,18,19);1H. The van der Waals surface area contributed by atoms with Gasteiger partial charge in [-0.15, -0.1) is 12.4 Å². The first-order valence-corrected chi connectivity index (χ1v) is 9.03. The molecule has 3 N–H and O–H groups in total. The highest BCUT2D eigenvalue weighted by atomic mass is 35.5. The van der Waals surface area contributed by atoms with Crippen molar-refractivity contribution in [2.45, 2.75) is 49.5 Å². The molecule has 1 unspecified atom stereocenters. The lowest BCUT2D eigenvalue weighted by Gasteiger charge is -2.21. The van der Waals surface area contributed by atoms with E-state index in [4.69, 9.17) is 5.73 Å². The highest BCUT2D eigenvalue weighted by Crippen LogP contribution is 2.24. The molecular weight excluding hydrogens is 320 g/mol. The first-order valence-electron chi connectivity index (χ1n) is 7.65. The zero-order valence-corrected chi connectivity index (χ0v) is 14.4. The van der Waals surface area contributed by atoms with Crippen LogP contribution in [0.25, 0.3) is 0 Å². The number of amides is 1. The van der Waals surface area contributed by atoms with Crippen molar-refractivity contribution >= 4 is 34.8 Å². The first kappa shape index (κ1) is 19.1. The van der Waals surface area contributed by atoms with Gasteiger partial charge in [0, 0.05) is 40.5 Å². The fourth-order valence-corrected chi connectivity index (χ4v) is 4.31. The summed E-state index contributed by atoms with van der Waals surface area (Å²) in [7, 11) is -0.814. The van der Waals surface area contributed by atoms with Gasteiger partial charge in [-0.3, -0.25) is 9.00 Å². The van der Waals surface area contributed by atoms with Gasteiger partial charge in [0.1, 0.15) is 0 Å². The van der Waals surface area contributed by atoms with E-state index in [-0.39, 0.29) is 18.3 Å². The molecule has 0 aromatic heterocycles. The monoisotopic (exact) mass is 344 g/mol. The zero-order valence-electron chi connectivity index (χ0n) is 12.8. The number of hydrogen-bond donors (Lipinski definition) is 2. The molecular formula is C16H25ClN2O2S. The summed E-state index contributed by atoms with van der Waals surface area (Å²) in [6.45, 7) is 0.344. The summed E-state index contributed by atoms with van der Waals surface area (Å²) >= 11 is 0. The Kier molecular flexibility index (Phi) is 8.68. The van der Waals surface area contributed by atoms with Crippen molar-refractivity contribution in [2.24, 2.45) is 5.73 Å². The van der Waals surface area contributed by atoms with Crippen LogP contribution in [0.5, 0.6) is 0 Å². The van der Waals surface area contributed by atoms with Crippen LogP contribution in [0.2, 0.25) is 0 Å². The van der Waals surface area contributed by atoms with Gasteiger partial charge < -0.3 is 11.1 Å². The van der Waals surface area contributed by atoms with Gasteiger partial charge in [-0.25, -0.2) is 0 Å². The van der Waals surface area contributed by atoms with Gasteiger partial charge in [0.15, 0.2) is 0 Å². The van der Waals surface area contributed by atoms with E-state index in [1.165, 1.54) is 19.3 Å². The minimum absolute atomic E-state index is 0. The van der Waals surface area contributed by atoms with Crippen LogP contribution in [0.4, 0.5) is 5.69 Å². The lowest BCUT2D eigenvalue weighted by molar-refractivity contribution is -0.116. The number of benzene rings is 1. The third-order valence-corrected chi connectivity index (χ3v) is 5.65. The van der Waals surface area contributed by atoms with Crippen LogP contribution in [0.3, 0.4) is 0 Å². The molecule has 124 valence electrons. The van der Waals surface area contributed by atoms with Crippen molar-refractivity contribution in [1.82, 2.24) is 0 Å². The summed E-state index contributed by atoms with van der Waals surface area (Å²) in [5.41, 5.74) is 7.13. The van der Waals surface area contributed by atoms with Crippen LogP contribution in [0, 0.1) is 0 Å². The van der Waals surface area contributed by atoms with E-state index in [0.29, 0.717) is 24.0 Å². The summed E-state index contributed by atoms with van der Waals surface area (Å²) in [6, 6.07) is 7.63. The fraction of sp³-hybridized carbons (Fsp3) is 0.562. The molecule has 2 rings (SSSR count).